The third-order valence-corrected chi connectivity index (χ3v) is 4.20. The quantitative estimate of drug-likeness (QED) is 0.694. The molecule has 3 atom stereocenters. The normalized spacial score (nSPS) is 25.0. The van der Waals surface area contributed by atoms with Crippen molar-refractivity contribution in [3.8, 4) is 0 Å². The van der Waals surface area contributed by atoms with Gasteiger partial charge in [-0.3, -0.25) is 4.79 Å². The summed E-state index contributed by atoms with van der Waals surface area (Å²) in [4.78, 5) is 24.3. The van der Waals surface area contributed by atoms with Gasteiger partial charge >= 0.3 is 6.09 Å². The predicted octanol–water partition coefficient (Wildman–Crippen LogP) is 4.15. The summed E-state index contributed by atoms with van der Waals surface area (Å²) in [6.07, 6.45) is 0.773. The lowest BCUT2D eigenvalue weighted by atomic mass is 9.88. The first kappa shape index (κ1) is 18.3. The molecule has 1 fully saturated rings. The maximum atomic E-state index is 12.6. The molecule has 3 unspecified atom stereocenters. The van der Waals surface area contributed by atoms with E-state index in [1.165, 1.54) is 0 Å². The highest BCUT2D eigenvalue weighted by atomic mass is 16.6. The maximum Gasteiger partial charge on any atom is 0.407 e. The maximum absolute atomic E-state index is 12.6. The summed E-state index contributed by atoms with van der Waals surface area (Å²) in [6.45, 7) is 5.57. The fourth-order valence-electron chi connectivity index (χ4n) is 2.87. The van der Waals surface area contributed by atoms with E-state index < -0.39 is 36.0 Å². The zero-order chi connectivity index (χ0) is 21.7. The molecule has 0 aromatic heterocycles. The minimum Gasteiger partial charge on any atom is -0.444 e. The van der Waals surface area contributed by atoms with Crippen LogP contribution in [0.25, 0.3) is 0 Å². The van der Waals surface area contributed by atoms with Gasteiger partial charge in [-0.25, -0.2) is 4.79 Å². The largest absolute Gasteiger partial charge is 0.444 e. The van der Waals surface area contributed by atoms with Crippen molar-refractivity contribution >= 4 is 17.7 Å². The molecule has 1 aliphatic carbocycles. The number of alkyl carbamates (subject to hydrolysis) is 1. The number of ether oxygens (including phenoxy) is 1. The topological polar surface area (TPSA) is 87.7 Å². The molecule has 0 bridgehead atoms. The fourth-order valence-corrected chi connectivity index (χ4v) is 2.87. The molecule has 3 N–H and O–H groups in total. The number of anilines is 1. The molecule has 6 nitrogen and oxygen atoms in total. The average molecular weight is 379 g/mol. The van der Waals surface area contributed by atoms with Crippen molar-refractivity contribution in [1.29, 1.82) is 0 Å². The van der Waals surface area contributed by atoms with Crippen molar-refractivity contribution < 1.29 is 22.2 Å². The molecule has 0 aliphatic heterocycles. The number of carbonyl (C=O) groups excluding carboxylic acids is 2. The lowest BCUT2D eigenvalue weighted by Crippen LogP contribution is -2.33. The number of aliphatic hydroxyl groups excluding tert-OH is 1. The molecule has 2 amide bonds. The minimum absolute atomic E-state index is 0.239. The molecule has 1 aromatic carbocycles. The van der Waals surface area contributed by atoms with E-state index in [9.17, 15) is 14.7 Å². The lowest BCUT2D eigenvalue weighted by Gasteiger charge is -2.21. The Labute approximate surface area is 164 Å². The number of hydrogen-bond donors (Lipinski definition) is 3. The van der Waals surface area contributed by atoms with E-state index in [2.05, 4.69) is 10.6 Å². The van der Waals surface area contributed by atoms with E-state index in [0.717, 1.165) is 12.8 Å². The predicted molar refractivity (Wildman–Crippen MR) is 105 cm³/mol. The standard InChI is InChI=1S/C21H32N2O4/c1-21(2,3)27-20(26)22-13-12-18(24)16-10-7-11-17(14-16)23-19(25)15-8-5-4-6-9-15/h7,10-11,14-15,18,24H,4-6,8-9,12-13H2,1-3H3,(H,22,26)(H,23,25)/i8D,15D. The van der Waals surface area contributed by atoms with Crippen LogP contribution in [0.3, 0.4) is 0 Å². The summed E-state index contributed by atoms with van der Waals surface area (Å²) in [5, 5.41) is 15.7. The highest BCUT2D eigenvalue weighted by Crippen LogP contribution is 2.26. The van der Waals surface area contributed by atoms with Crippen molar-refractivity contribution in [2.75, 3.05) is 11.9 Å². The first-order valence-corrected chi connectivity index (χ1v) is 9.50. The van der Waals surface area contributed by atoms with Gasteiger partial charge in [0, 0.05) is 20.9 Å². The Morgan fingerprint density at radius 3 is 2.85 bits per heavy atom. The molecule has 2 rings (SSSR count). The lowest BCUT2D eigenvalue weighted by molar-refractivity contribution is -0.120. The molecule has 0 heterocycles. The Bertz CT molecular complexity index is 723. The highest BCUT2D eigenvalue weighted by Gasteiger charge is 2.21. The van der Waals surface area contributed by atoms with Gasteiger partial charge < -0.3 is 20.5 Å². The summed E-state index contributed by atoms with van der Waals surface area (Å²) in [7, 11) is 0. The summed E-state index contributed by atoms with van der Waals surface area (Å²) >= 11 is 0. The van der Waals surface area contributed by atoms with Crippen LogP contribution in [0, 0.1) is 5.89 Å². The van der Waals surface area contributed by atoms with Gasteiger partial charge in [0.1, 0.15) is 5.60 Å². The second-order valence-corrected chi connectivity index (χ2v) is 7.79. The van der Waals surface area contributed by atoms with E-state index in [4.69, 9.17) is 7.48 Å². The number of hydrogen-bond acceptors (Lipinski definition) is 4. The summed E-state index contributed by atoms with van der Waals surface area (Å²) in [6, 6.07) is 6.79. The molecule has 1 aliphatic rings. The van der Waals surface area contributed by atoms with Crippen LogP contribution in [0.5, 0.6) is 0 Å². The second-order valence-electron chi connectivity index (χ2n) is 7.79. The van der Waals surface area contributed by atoms with Crippen LogP contribution in [0.15, 0.2) is 24.3 Å². The van der Waals surface area contributed by atoms with Gasteiger partial charge in [0.25, 0.3) is 0 Å². The van der Waals surface area contributed by atoms with Gasteiger partial charge in [-0.15, -0.1) is 0 Å². The van der Waals surface area contributed by atoms with Gasteiger partial charge in [-0.1, -0.05) is 31.4 Å². The monoisotopic (exact) mass is 378 g/mol. The van der Waals surface area contributed by atoms with Crippen LogP contribution >= 0.6 is 0 Å². The third kappa shape index (κ3) is 7.59. The zero-order valence-electron chi connectivity index (χ0n) is 18.4. The number of aliphatic hydroxyl groups is 1. The Morgan fingerprint density at radius 1 is 1.37 bits per heavy atom. The summed E-state index contributed by atoms with van der Waals surface area (Å²) in [5.74, 6) is -1.92. The third-order valence-electron chi connectivity index (χ3n) is 4.20. The summed E-state index contributed by atoms with van der Waals surface area (Å²) in [5.41, 5.74) is 0.496. The van der Waals surface area contributed by atoms with Crippen molar-refractivity contribution in [3.05, 3.63) is 29.8 Å². The molecule has 1 aromatic rings. The average Bonchev–Trinajstić information content (AvgIpc) is 2.62. The van der Waals surface area contributed by atoms with E-state index in [-0.39, 0.29) is 13.0 Å². The number of amides is 2. The number of carbonyl (C=O) groups is 2. The van der Waals surface area contributed by atoms with E-state index in [1.54, 1.807) is 45.0 Å². The van der Waals surface area contributed by atoms with Crippen LogP contribution in [-0.2, 0) is 9.53 Å². The Morgan fingerprint density at radius 2 is 2.15 bits per heavy atom. The Kier molecular flexibility index (Phi) is 6.60. The first-order valence-electron chi connectivity index (χ1n) is 10.6. The van der Waals surface area contributed by atoms with Gasteiger partial charge in [0.05, 0.1) is 6.10 Å². The van der Waals surface area contributed by atoms with Gasteiger partial charge in [0.15, 0.2) is 0 Å². The number of benzene rings is 1. The fraction of sp³-hybridized carbons (Fsp3) is 0.619. The Hall–Kier alpha value is -2.08. The van der Waals surface area contributed by atoms with Crippen LogP contribution < -0.4 is 10.6 Å². The van der Waals surface area contributed by atoms with Crippen molar-refractivity contribution in [2.24, 2.45) is 5.89 Å². The zero-order valence-corrected chi connectivity index (χ0v) is 16.4. The molecule has 150 valence electrons. The number of nitrogens with one attached hydrogen (secondary N) is 2. The molecule has 0 spiro atoms. The van der Waals surface area contributed by atoms with Gasteiger partial charge in [0.2, 0.25) is 5.91 Å². The SMILES string of the molecule is [2H]C1CCCCC1([2H])C(=O)Nc1cccc(C(O)CCNC(=O)OC(C)(C)C)c1. The molecule has 6 heteroatoms. The molecular weight excluding hydrogens is 344 g/mol. The molecule has 0 saturated heterocycles. The van der Waals surface area contributed by atoms with Gasteiger partial charge in [-0.2, -0.15) is 0 Å². The van der Waals surface area contributed by atoms with Crippen LogP contribution in [0.4, 0.5) is 10.5 Å². The minimum atomic E-state index is -1.44. The van der Waals surface area contributed by atoms with E-state index in [1.807, 2.05) is 0 Å². The van der Waals surface area contributed by atoms with E-state index >= 15 is 0 Å². The first-order chi connectivity index (χ1) is 13.5. The van der Waals surface area contributed by atoms with Crippen LogP contribution in [0.2, 0.25) is 0 Å². The van der Waals surface area contributed by atoms with Crippen molar-refractivity contribution in [2.45, 2.75) is 71.0 Å². The molecule has 27 heavy (non-hydrogen) atoms. The molecule has 0 radical (unpaired) electrons. The second kappa shape index (κ2) is 9.74. The van der Waals surface area contributed by atoms with Crippen molar-refractivity contribution in [1.82, 2.24) is 5.32 Å². The smallest absolute Gasteiger partial charge is 0.407 e. The van der Waals surface area contributed by atoms with Crippen molar-refractivity contribution in [3.63, 3.8) is 0 Å². The Balaban J connectivity index is 1.91. The van der Waals surface area contributed by atoms with Gasteiger partial charge in [-0.05, 0) is 57.7 Å². The van der Waals surface area contributed by atoms with E-state index in [0.29, 0.717) is 24.1 Å². The number of rotatable bonds is 6. The molecule has 1 saturated carbocycles. The highest BCUT2D eigenvalue weighted by molar-refractivity contribution is 5.92. The molecular formula is C21H32N2O4. The van der Waals surface area contributed by atoms with Crippen LogP contribution in [0.1, 0.15) is 73.7 Å². The summed E-state index contributed by atoms with van der Waals surface area (Å²) < 4.78 is 21.6. The van der Waals surface area contributed by atoms with Crippen LogP contribution in [-0.4, -0.2) is 29.3 Å².